The first-order valence-corrected chi connectivity index (χ1v) is 7.33. The van der Waals surface area contributed by atoms with Gasteiger partial charge < -0.3 is 10.2 Å². The van der Waals surface area contributed by atoms with Gasteiger partial charge in [0.25, 0.3) is 0 Å². The first kappa shape index (κ1) is 18.2. The van der Waals surface area contributed by atoms with Crippen LogP contribution in [-0.2, 0) is 11.3 Å². The lowest BCUT2D eigenvalue weighted by atomic mass is 10.0. The van der Waals surface area contributed by atoms with Crippen LogP contribution in [0.15, 0.2) is 18.2 Å². The topological polar surface area (TPSA) is 32.3 Å². The summed E-state index contributed by atoms with van der Waals surface area (Å²) in [6, 6.07) is 4.57. The SMILES string of the molecule is CN(Cc1c(F)cccc1Cl)C(=O)CCC1CCNC1.Cl. The molecule has 0 aliphatic carbocycles. The Bertz CT molecular complexity index is 458. The lowest BCUT2D eigenvalue weighted by molar-refractivity contribution is -0.130. The van der Waals surface area contributed by atoms with Crippen LogP contribution in [0.2, 0.25) is 5.02 Å². The van der Waals surface area contributed by atoms with E-state index in [-0.39, 0.29) is 30.7 Å². The fourth-order valence-corrected chi connectivity index (χ4v) is 2.71. The maximum Gasteiger partial charge on any atom is 0.222 e. The number of rotatable bonds is 5. The highest BCUT2D eigenvalue weighted by Gasteiger charge is 2.18. The summed E-state index contributed by atoms with van der Waals surface area (Å²) in [7, 11) is 1.69. The van der Waals surface area contributed by atoms with E-state index in [9.17, 15) is 9.18 Å². The molecule has 6 heteroatoms. The van der Waals surface area contributed by atoms with Gasteiger partial charge in [0.1, 0.15) is 5.82 Å². The number of benzene rings is 1. The second-order valence-electron chi connectivity index (χ2n) is 5.35. The number of hydrogen-bond donors (Lipinski definition) is 1. The predicted molar refractivity (Wildman–Crippen MR) is 85.3 cm³/mol. The zero-order chi connectivity index (χ0) is 14.5. The molecule has 1 aliphatic rings. The van der Waals surface area contributed by atoms with Gasteiger partial charge in [0.2, 0.25) is 5.91 Å². The first-order valence-electron chi connectivity index (χ1n) is 6.95. The summed E-state index contributed by atoms with van der Waals surface area (Å²) in [5.74, 6) is 0.262. The molecule has 1 unspecified atom stereocenters. The van der Waals surface area contributed by atoms with Gasteiger partial charge in [0.05, 0.1) is 0 Å². The molecular weight excluding hydrogens is 314 g/mol. The molecule has 0 bridgehead atoms. The molecule has 2 rings (SSSR count). The van der Waals surface area contributed by atoms with E-state index in [0.29, 0.717) is 22.9 Å². The Kier molecular flexibility index (Phi) is 7.43. The van der Waals surface area contributed by atoms with Crippen molar-refractivity contribution in [3.8, 4) is 0 Å². The molecule has 1 amide bonds. The van der Waals surface area contributed by atoms with E-state index in [2.05, 4.69) is 5.32 Å². The minimum absolute atomic E-state index is 0. The lowest BCUT2D eigenvalue weighted by Gasteiger charge is -2.19. The summed E-state index contributed by atoms with van der Waals surface area (Å²) in [5.41, 5.74) is 0.382. The predicted octanol–water partition coefficient (Wildman–Crippen LogP) is 3.25. The maximum atomic E-state index is 13.7. The van der Waals surface area contributed by atoms with E-state index >= 15 is 0 Å². The van der Waals surface area contributed by atoms with Crippen LogP contribution in [0.25, 0.3) is 0 Å². The molecule has 1 heterocycles. The molecule has 3 nitrogen and oxygen atoms in total. The van der Waals surface area contributed by atoms with Crippen molar-refractivity contribution in [3.05, 3.63) is 34.6 Å². The maximum absolute atomic E-state index is 13.7. The van der Waals surface area contributed by atoms with Gasteiger partial charge in [-0.3, -0.25) is 4.79 Å². The van der Waals surface area contributed by atoms with Crippen molar-refractivity contribution in [1.29, 1.82) is 0 Å². The standard InChI is InChI=1S/C15H20ClFN2O.ClH/c1-19(10-12-13(16)3-2-4-14(12)17)15(20)6-5-11-7-8-18-9-11;/h2-4,11,18H,5-10H2,1H3;1H. The van der Waals surface area contributed by atoms with Crippen molar-refractivity contribution in [3.63, 3.8) is 0 Å². The molecule has 1 saturated heterocycles. The largest absolute Gasteiger partial charge is 0.341 e. The molecule has 0 spiro atoms. The first-order chi connectivity index (χ1) is 9.58. The van der Waals surface area contributed by atoms with E-state index in [4.69, 9.17) is 11.6 Å². The average molecular weight is 335 g/mol. The van der Waals surface area contributed by atoms with Gasteiger partial charge in [-0.05, 0) is 44.0 Å². The number of halogens is 3. The van der Waals surface area contributed by atoms with E-state index in [1.807, 2.05) is 0 Å². The summed E-state index contributed by atoms with van der Waals surface area (Å²) in [6.45, 7) is 2.25. The minimum Gasteiger partial charge on any atom is -0.341 e. The third-order valence-corrected chi connectivity index (χ3v) is 4.17. The highest BCUT2D eigenvalue weighted by molar-refractivity contribution is 6.31. The van der Waals surface area contributed by atoms with Gasteiger partial charge in [-0.15, -0.1) is 12.4 Å². The molecule has 1 N–H and O–H groups in total. The van der Waals surface area contributed by atoms with Crippen LogP contribution in [0, 0.1) is 11.7 Å². The molecule has 0 aromatic heterocycles. The molecule has 0 radical (unpaired) electrons. The summed E-state index contributed by atoms with van der Waals surface area (Å²) < 4.78 is 13.7. The number of amides is 1. The zero-order valence-electron chi connectivity index (χ0n) is 12.1. The second kappa shape index (κ2) is 8.57. The molecule has 1 aromatic rings. The Labute approximate surface area is 136 Å². The monoisotopic (exact) mass is 334 g/mol. The fraction of sp³-hybridized carbons (Fsp3) is 0.533. The Hall–Kier alpha value is -0.840. The van der Waals surface area contributed by atoms with Crippen molar-refractivity contribution in [2.24, 2.45) is 5.92 Å². The van der Waals surface area contributed by atoms with Crippen molar-refractivity contribution < 1.29 is 9.18 Å². The number of nitrogens with zero attached hydrogens (tertiary/aromatic N) is 1. The third-order valence-electron chi connectivity index (χ3n) is 3.81. The van der Waals surface area contributed by atoms with E-state index in [1.54, 1.807) is 24.1 Å². The Morgan fingerprint density at radius 2 is 2.29 bits per heavy atom. The number of carbonyl (C=O) groups excluding carboxylic acids is 1. The molecule has 118 valence electrons. The third kappa shape index (κ3) is 5.13. The molecular formula is C15H21Cl2FN2O. The van der Waals surface area contributed by atoms with Crippen LogP contribution in [0.1, 0.15) is 24.8 Å². The summed E-state index contributed by atoms with van der Waals surface area (Å²) in [5, 5.41) is 3.65. The molecule has 21 heavy (non-hydrogen) atoms. The summed E-state index contributed by atoms with van der Waals surface area (Å²) in [6.07, 6.45) is 2.53. The fourth-order valence-electron chi connectivity index (χ4n) is 2.49. The van der Waals surface area contributed by atoms with Gasteiger partial charge in [-0.1, -0.05) is 17.7 Å². The lowest BCUT2D eigenvalue weighted by Crippen LogP contribution is -2.27. The Balaban J connectivity index is 0.00000220. The number of nitrogens with one attached hydrogen (secondary N) is 1. The van der Waals surface area contributed by atoms with Gasteiger partial charge in [0, 0.05) is 30.6 Å². The molecule has 1 aromatic carbocycles. The quantitative estimate of drug-likeness (QED) is 0.896. The van der Waals surface area contributed by atoms with Crippen LogP contribution in [-0.4, -0.2) is 30.9 Å². The van der Waals surface area contributed by atoms with Gasteiger partial charge in [-0.25, -0.2) is 4.39 Å². The Morgan fingerprint density at radius 3 is 2.90 bits per heavy atom. The van der Waals surface area contributed by atoms with Crippen molar-refractivity contribution >= 4 is 29.9 Å². The number of carbonyl (C=O) groups is 1. The molecule has 1 atom stereocenters. The van der Waals surface area contributed by atoms with Crippen LogP contribution >= 0.6 is 24.0 Å². The van der Waals surface area contributed by atoms with Gasteiger partial charge in [0.15, 0.2) is 0 Å². The van der Waals surface area contributed by atoms with Crippen LogP contribution < -0.4 is 5.32 Å². The smallest absolute Gasteiger partial charge is 0.222 e. The van der Waals surface area contributed by atoms with Crippen molar-refractivity contribution in [1.82, 2.24) is 10.2 Å². The second-order valence-corrected chi connectivity index (χ2v) is 5.75. The van der Waals surface area contributed by atoms with Crippen LogP contribution in [0.4, 0.5) is 4.39 Å². The minimum atomic E-state index is -0.364. The molecule has 1 fully saturated rings. The zero-order valence-corrected chi connectivity index (χ0v) is 13.6. The van der Waals surface area contributed by atoms with E-state index in [0.717, 1.165) is 25.9 Å². The van der Waals surface area contributed by atoms with Gasteiger partial charge >= 0.3 is 0 Å². The molecule has 0 saturated carbocycles. The van der Waals surface area contributed by atoms with Gasteiger partial charge in [-0.2, -0.15) is 0 Å². The Morgan fingerprint density at radius 1 is 1.52 bits per heavy atom. The van der Waals surface area contributed by atoms with Crippen molar-refractivity contribution in [2.45, 2.75) is 25.8 Å². The summed E-state index contributed by atoms with van der Waals surface area (Å²) in [4.78, 5) is 13.6. The summed E-state index contributed by atoms with van der Waals surface area (Å²) >= 11 is 5.97. The van der Waals surface area contributed by atoms with Crippen LogP contribution in [0.3, 0.4) is 0 Å². The average Bonchev–Trinajstić information content (AvgIpc) is 2.93. The normalized spacial score (nSPS) is 17.4. The van der Waals surface area contributed by atoms with Crippen LogP contribution in [0.5, 0.6) is 0 Å². The van der Waals surface area contributed by atoms with E-state index < -0.39 is 0 Å². The highest BCUT2D eigenvalue weighted by Crippen LogP contribution is 2.21. The van der Waals surface area contributed by atoms with E-state index in [1.165, 1.54) is 6.07 Å². The highest BCUT2D eigenvalue weighted by atomic mass is 35.5. The van der Waals surface area contributed by atoms with Crippen molar-refractivity contribution in [2.75, 3.05) is 20.1 Å². The molecule has 1 aliphatic heterocycles. The number of hydrogen-bond acceptors (Lipinski definition) is 2.